The van der Waals surface area contributed by atoms with Gasteiger partial charge in [-0.2, -0.15) is 18.4 Å². The number of anilines is 1. The molecular formula is C15H8ClF3N2O. The molecule has 2 aromatic rings. The van der Waals surface area contributed by atoms with E-state index in [0.717, 1.165) is 12.1 Å². The Labute approximate surface area is 128 Å². The third kappa shape index (κ3) is 3.57. The van der Waals surface area contributed by atoms with Crippen LogP contribution in [-0.2, 0) is 6.18 Å². The Hall–Kier alpha value is -2.52. The highest BCUT2D eigenvalue weighted by Gasteiger charge is 2.33. The number of benzene rings is 2. The molecule has 1 amide bonds. The van der Waals surface area contributed by atoms with Crippen LogP contribution in [0.25, 0.3) is 0 Å². The van der Waals surface area contributed by atoms with Crippen LogP contribution in [0.2, 0.25) is 5.02 Å². The maximum atomic E-state index is 12.7. The summed E-state index contributed by atoms with van der Waals surface area (Å²) in [5, 5.41) is 10.6. The molecule has 1 N–H and O–H groups in total. The van der Waals surface area contributed by atoms with Crippen LogP contribution in [0, 0.1) is 11.3 Å². The summed E-state index contributed by atoms with van der Waals surface area (Å²) >= 11 is 5.50. The lowest BCUT2D eigenvalue weighted by Gasteiger charge is -2.11. The van der Waals surface area contributed by atoms with Gasteiger partial charge < -0.3 is 5.32 Å². The summed E-state index contributed by atoms with van der Waals surface area (Å²) in [6.07, 6.45) is -4.60. The number of nitriles is 1. The van der Waals surface area contributed by atoms with Crippen molar-refractivity contribution in [3.05, 3.63) is 64.2 Å². The topological polar surface area (TPSA) is 52.9 Å². The Morgan fingerprint density at radius 3 is 2.32 bits per heavy atom. The summed E-state index contributed by atoms with van der Waals surface area (Å²) < 4.78 is 38.2. The van der Waals surface area contributed by atoms with Crippen molar-refractivity contribution < 1.29 is 18.0 Å². The fourth-order valence-electron chi connectivity index (χ4n) is 1.72. The van der Waals surface area contributed by atoms with E-state index in [0.29, 0.717) is 5.56 Å². The van der Waals surface area contributed by atoms with Crippen molar-refractivity contribution in [3.63, 3.8) is 0 Å². The van der Waals surface area contributed by atoms with Gasteiger partial charge in [0.2, 0.25) is 0 Å². The predicted molar refractivity (Wildman–Crippen MR) is 75.6 cm³/mol. The number of alkyl halides is 3. The summed E-state index contributed by atoms with van der Waals surface area (Å²) in [6.45, 7) is 0. The third-order valence-corrected chi connectivity index (χ3v) is 3.14. The van der Waals surface area contributed by atoms with Gasteiger partial charge in [-0.05, 0) is 42.5 Å². The zero-order valence-electron chi connectivity index (χ0n) is 10.9. The Bertz CT molecular complexity index is 749. The van der Waals surface area contributed by atoms with Crippen molar-refractivity contribution in [1.29, 1.82) is 5.26 Å². The molecule has 0 atom stereocenters. The van der Waals surface area contributed by atoms with Gasteiger partial charge in [-0.1, -0.05) is 11.6 Å². The van der Waals surface area contributed by atoms with Crippen LogP contribution in [0.5, 0.6) is 0 Å². The van der Waals surface area contributed by atoms with Crippen LogP contribution in [-0.4, -0.2) is 5.91 Å². The zero-order chi connectivity index (χ0) is 16.3. The van der Waals surface area contributed by atoms with Crippen molar-refractivity contribution in [2.24, 2.45) is 0 Å². The number of rotatable bonds is 2. The van der Waals surface area contributed by atoms with E-state index in [1.807, 2.05) is 6.07 Å². The highest BCUT2D eigenvalue weighted by molar-refractivity contribution is 6.31. The molecule has 0 aliphatic rings. The van der Waals surface area contributed by atoms with Crippen LogP contribution in [0.1, 0.15) is 21.5 Å². The van der Waals surface area contributed by atoms with E-state index in [1.54, 1.807) is 0 Å². The number of hydrogen-bond acceptors (Lipinski definition) is 2. The van der Waals surface area contributed by atoms with E-state index >= 15 is 0 Å². The van der Waals surface area contributed by atoms with E-state index in [-0.39, 0.29) is 11.3 Å². The lowest BCUT2D eigenvalue weighted by Crippen LogP contribution is -2.13. The maximum absolute atomic E-state index is 12.7. The van der Waals surface area contributed by atoms with Gasteiger partial charge in [0.25, 0.3) is 5.91 Å². The monoisotopic (exact) mass is 324 g/mol. The normalized spacial score (nSPS) is 10.9. The van der Waals surface area contributed by atoms with E-state index in [4.69, 9.17) is 16.9 Å². The first-order valence-electron chi connectivity index (χ1n) is 5.99. The van der Waals surface area contributed by atoms with E-state index in [2.05, 4.69) is 5.32 Å². The minimum absolute atomic E-state index is 0.0221. The van der Waals surface area contributed by atoms with Crippen molar-refractivity contribution in [2.75, 3.05) is 5.32 Å². The van der Waals surface area contributed by atoms with Crippen molar-refractivity contribution in [1.82, 2.24) is 0 Å². The summed E-state index contributed by atoms with van der Waals surface area (Å²) in [4.78, 5) is 12.0. The second-order valence-corrected chi connectivity index (χ2v) is 4.74. The van der Waals surface area contributed by atoms with Gasteiger partial charge >= 0.3 is 6.18 Å². The molecule has 0 aliphatic heterocycles. The molecule has 0 unspecified atom stereocenters. The summed E-state index contributed by atoms with van der Waals surface area (Å²) in [7, 11) is 0. The number of carbonyl (C=O) groups is 1. The highest BCUT2D eigenvalue weighted by atomic mass is 35.5. The van der Waals surface area contributed by atoms with Crippen LogP contribution in [0.15, 0.2) is 42.5 Å². The van der Waals surface area contributed by atoms with Crippen LogP contribution >= 0.6 is 11.6 Å². The molecule has 0 fully saturated rings. The minimum atomic E-state index is -4.60. The molecule has 0 heterocycles. The highest BCUT2D eigenvalue weighted by Crippen LogP contribution is 2.36. The van der Waals surface area contributed by atoms with E-state index in [1.165, 1.54) is 30.3 Å². The zero-order valence-corrected chi connectivity index (χ0v) is 11.7. The predicted octanol–water partition coefficient (Wildman–Crippen LogP) is 4.48. The molecule has 2 aromatic carbocycles. The lowest BCUT2D eigenvalue weighted by atomic mass is 10.1. The van der Waals surface area contributed by atoms with Gasteiger partial charge in [0.1, 0.15) is 0 Å². The second-order valence-electron chi connectivity index (χ2n) is 4.34. The quantitative estimate of drug-likeness (QED) is 0.885. The van der Waals surface area contributed by atoms with E-state index < -0.39 is 22.7 Å². The molecule has 0 bridgehead atoms. The first-order chi connectivity index (χ1) is 10.3. The second kappa shape index (κ2) is 6.08. The molecule has 112 valence electrons. The smallest absolute Gasteiger partial charge is 0.322 e. The fraction of sp³-hybridized carbons (Fsp3) is 0.0667. The Morgan fingerprint density at radius 2 is 1.77 bits per heavy atom. The van der Waals surface area contributed by atoms with E-state index in [9.17, 15) is 18.0 Å². The molecule has 0 saturated carbocycles. The molecule has 0 radical (unpaired) electrons. The first kappa shape index (κ1) is 15.9. The van der Waals surface area contributed by atoms with Gasteiger partial charge in [0.05, 0.1) is 22.2 Å². The Kier molecular flexibility index (Phi) is 4.38. The summed E-state index contributed by atoms with van der Waals surface area (Å²) in [5.74, 6) is -0.583. The largest absolute Gasteiger partial charge is 0.417 e. The standard InChI is InChI=1S/C15H8ClF3N2O/c16-13-6-5-11(7-12(13)15(17,18)19)21-14(22)10-3-1-9(8-20)2-4-10/h1-7H,(H,21,22). The molecule has 0 saturated heterocycles. The van der Waals surface area contributed by atoms with Crippen molar-refractivity contribution in [2.45, 2.75) is 6.18 Å². The third-order valence-electron chi connectivity index (χ3n) is 2.81. The molecule has 2 rings (SSSR count). The Morgan fingerprint density at radius 1 is 1.14 bits per heavy atom. The minimum Gasteiger partial charge on any atom is -0.322 e. The number of nitrogens with zero attached hydrogens (tertiary/aromatic N) is 1. The van der Waals surface area contributed by atoms with Gasteiger partial charge in [0, 0.05) is 11.3 Å². The van der Waals surface area contributed by atoms with Crippen molar-refractivity contribution in [3.8, 4) is 6.07 Å². The summed E-state index contributed by atoms with van der Waals surface area (Å²) in [5.41, 5.74) is -0.442. The molecule has 22 heavy (non-hydrogen) atoms. The average Bonchev–Trinajstić information content (AvgIpc) is 2.48. The van der Waals surface area contributed by atoms with Crippen LogP contribution in [0.3, 0.4) is 0 Å². The number of amides is 1. The average molecular weight is 325 g/mol. The number of carbonyl (C=O) groups excluding carboxylic acids is 1. The van der Waals surface area contributed by atoms with Crippen molar-refractivity contribution >= 4 is 23.2 Å². The van der Waals surface area contributed by atoms with Gasteiger partial charge in [-0.25, -0.2) is 0 Å². The first-order valence-corrected chi connectivity index (χ1v) is 6.37. The number of hydrogen-bond donors (Lipinski definition) is 1. The molecule has 3 nitrogen and oxygen atoms in total. The fourth-order valence-corrected chi connectivity index (χ4v) is 1.94. The molecule has 0 aliphatic carbocycles. The van der Waals surface area contributed by atoms with Crippen LogP contribution in [0.4, 0.5) is 18.9 Å². The lowest BCUT2D eigenvalue weighted by molar-refractivity contribution is -0.137. The number of nitrogens with one attached hydrogen (secondary N) is 1. The Balaban J connectivity index is 2.23. The van der Waals surface area contributed by atoms with Crippen LogP contribution < -0.4 is 5.32 Å². The molecule has 7 heteroatoms. The summed E-state index contributed by atoms with van der Waals surface area (Å²) in [6, 6.07) is 10.7. The SMILES string of the molecule is N#Cc1ccc(C(=O)Nc2ccc(Cl)c(C(F)(F)F)c2)cc1. The van der Waals surface area contributed by atoms with Gasteiger partial charge in [-0.3, -0.25) is 4.79 Å². The molecular weight excluding hydrogens is 317 g/mol. The molecule has 0 spiro atoms. The van der Waals surface area contributed by atoms with Gasteiger partial charge in [-0.15, -0.1) is 0 Å². The maximum Gasteiger partial charge on any atom is 0.417 e. The number of halogens is 4. The van der Waals surface area contributed by atoms with Gasteiger partial charge in [0.15, 0.2) is 0 Å². The molecule has 0 aromatic heterocycles.